The topological polar surface area (TPSA) is 9.23 Å². The molecular formula is C24H18O. The highest BCUT2D eigenvalue weighted by molar-refractivity contribution is 5.92. The van der Waals surface area contributed by atoms with E-state index in [9.17, 15) is 0 Å². The van der Waals surface area contributed by atoms with Crippen LogP contribution in [-0.2, 0) is 0 Å². The lowest BCUT2D eigenvalue weighted by Gasteiger charge is -2.05. The van der Waals surface area contributed by atoms with Crippen molar-refractivity contribution in [2.75, 3.05) is 0 Å². The molecule has 1 nitrogen and oxygen atoms in total. The first-order valence-electron chi connectivity index (χ1n) is 8.37. The second kappa shape index (κ2) is 7.06. The summed E-state index contributed by atoms with van der Waals surface area (Å²) in [5.41, 5.74) is 2.37. The number of hydrogen-bond acceptors (Lipinski definition) is 1. The van der Waals surface area contributed by atoms with E-state index in [2.05, 4.69) is 66.7 Å². The molecule has 0 radical (unpaired) electrons. The summed E-state index contributed by atoms with van der Waals surface area (Å²) in [6.45, 7) is 0. The van der Waals surface area contributed by atoms with Gasteiger partial charge in [-0.05, 0) is 46.2 Å². The number of fused-ring (bicyclic) bond motifs is 1. The van der Waals surface area contributed by atoms with E-state index in [1.165, 1.54) is 16.3 Å². The fourth-order valence-electron chi connectivity index (χ4n) is 2.85. The molecule has 1 heteroatoms. The summed E-state index contributed by atoms with van der Waals surface area (Å²) in [7, 11) is 0. The zero-order chi connectivity index (χ0) is 16.9. The second-order valence-electron chi connectivity index (χ2n) is 5.89. The summed E-state index contributed by atoms with van der Waals surface area (Å²) in [6.07, 6.45) is 4.30. The smallest absolute Gasteiger partial charge is 0.127 e. The van der Waals surface area contributed by atoms with Crippen molar-refractivity contribution in [1.29, 1.82) is 0 Å². The molecule has 4 rings (SSSR count). The van der Waals surface area contributed by atoms with Gasteiger partial charge < -0.3 is 4.74 Å². The minimum Gasteiger partial charge on any atom is -0.457 e. The first-order chi connectivity index (χ1) is 12.4. The molecule has 0 N–H and O–H groups in total. The average Bonchev–Trinajstić information content (AvgIpc) is 2.68. The van der Waals surface area contributed by atoms with Crippen LogP contribution in [0.5, 0.6) is 11.5 Å². The molecule has 0 aliphatic carbocycles. The van der Waals surface area contributed by atoms with E-state index < -0.39 is 0 Å². The standard InChI is InChI=1S/C24H18O/c1-2-10-22(11-3-1)25-23-17-14-19(15-18-23)13-16-21-9-6-8-20-7-4-5-12-24(20)21/h1-18H/b16-13+. The van der Waals surface area contributed by atoms with Crippen LogP contribution in [0.2, 0.25) is 0 Å². The van der Waals surface area contributed by atoms with Gasteiger partial charge in [-0.1, -0.05) is 84.9 Å². The van der Waals surface area contributed by atoms with Crippen molar-refractivity contribution in [2.24, 2.45) is 0 Å². The summed E-state index contributed by atoms with van der Waals surface area (Å²) in [5, 5.41) is 2.53. The Morgan fingerprint density at radius 2 is 1.20 bits per heavy atom. The Bertz CT molecular complexity index is 994. The van der Waals surface area contributed by atoms with Crippen LogP contribution in [-0.4, -0.2) is 0 Å². The molecule has 4 aromatic rings. The highest BCUT2D eigenvalue weighted by atomic mass is 16.5. The average molecular weight is 322 g/mol. The number of ether oxygens (including phenoxy) is 1. The summed E-state index contributed by atoms with van der Waals surface area (Å²) in [5.74, 6) is 1.69. The molecule has 0 fully saturated rings. The lowest BCUT2D eigenvalue weighted by molar-refractivity contribution is 0.482. The van der Waals surface area contributed by atoms with Gasteiger partial charge in [0.05, 0.1) is 0 Å². The summed E-state index contributed by atoms with van der Waals surface area (Å²) in [6, 6.07) is 32.8. The SMILES string of the molecule is C(=C\c1cccc2ccccc12)/c1ccc(Oc2ccccc2)cc1. The predicted molar refractivity (Wildman–Crippen MR) is 106 cm³/mol. The Kier molecular flexibility index (Phi) is 4.30. The van der Waals surface area contributed by atoms with Crippen LogP contribution >= 0.6 is 0 Å². The fraction of sp³-hybridized carbons (Fsp3) is 0. The van der Waals surface area contributed by atoms with E-state index in [4.69, 9.17) is 4.74 Å². The molecule has 25 heavy (non-hydrogen) atoms. The number of para-hydroxylation sites is 1. The minimum absolute atomic E-state index is 0.841. The molecule has 0 aliphatic rings. The van der Waals surface area contributed by atoms with Gasteiger partial charge >= 0.3 is 0 Å². The van der Waals surface area contributed by atoms with Gasteiger partial charge in [0, 0.05) is 0 Å². The van der Waals surface area contributed by atoms with Crippen molar-refractivity contribution >= 4 is 22.9 Å². The zero-order valence-corrected chi connectivity index (χ0v) is 13.8. The zero-order valence-electron chi connectivity index (χ0n) is 13.8. The van der Waals surface area contributed by atoms with E-state index in [0.29, 0.717) is 0 Å². The molecule has 0 heterocycles. The van der Waals surface area contributed by atoms with Crippen molar-refractivity contribution in [3.05, 3.63) is 108 Å². The third kappa shape index (κ3) is 3.61. The molecule has 0 atom stereocenters. The molecule has 4 aromatic carbocycles. The van der Waals surface area contributed by atoms with Gasteiger partial charge in [0.15, 0.2) is 0 Å². The monoisotopic (exact) mass is 322 g/mol. The normalized spacial score (nSPS) is 11.0. The minimum atomic E-state index is 0.841. The highest BCUT2D eigenvalue weighted by Gasteiger charge is 1.98. The Labute approximate surface area is 147 Å². The fourth-order valence-corrected chi connectivity index (χ4v) is 2.85. The maximum Gasteiger partial charge on any atom is 0.127 e. The van der Waals surface area contributed by atoms with Crippen LogP contribution < -0.4 is 4.74 Å². The van der Waals surface area contributed by atoms with E-state index in [-0.39, 0.29) is 0 Å². The first kappa shape index (κ1) is 15.2. The maximum atomic E-state index is 5.83. The molecule has 0 saturated carbocycles. The van der Waals surface area contributed by atoms with E-state index >= 15 is 0 Å². The molecule has 0 saturated heterocycles. The first-order valence-corrected chi connectivity index (χ1v) is 8.37. The molecule has 0 aromatic heterocycles. The molecule has 0 aliphatic heterocycles. The predicted octanol–water partition coefficient (Wildman–Crippen LogP) is 6.80. The highest BCUT2D eigenvalue weighted by Crippen LogP contribution is 2.23. The van der Waals surface area contributed by atoms with E-state index in [1.807, 2.05) is 42.5 Å². The van der Waals surface area contributed by atoms with Crippen molar-refractivity contribution in [2.45, 2.75) is 0 Å². The maximum absolute atomic E-state index is 5.83. The van der Waals surface area contributed by atoms with Crippen molar-refractivity contribution in [3.8, 4) is 11.5 Å². The van der Waals surface area contributed by atoms with E-state index in [1.54, 1.807) is 0 Å². The Hall–Kier alpha value is -3.32. The van der Waals surface area contributed by atoms with Crippen LogP contribution in [0.15, 0.2) is 97.1 Å². The van der Waals surface area contributed by atoms with Gasteiger partial charge in [0.1, 0.15) is 11.5 Å². The lowest BCUT2D eigenvalue weighted by atomic mass is 10.0. The molecule has 0 amide bonds. The van der Waals surface area contributed by atoms with Gasteiger partial charge in [-0.25, -0.2) is 0 Å². The molecule has 0 unspecified atom stereocenters. The van der Waals surface area contributed by atoms with E-state index in [0.717, 1.165) is 17.1 Å². The van der Waals surface area contributed by atoms with Gasteiger partial charge in [-0.15, -0.1) is 0 Å². The van der Waals surface area contributed by atoms with Gasteiger partial charge in [0.25, 0.3) is 0 Å². The van der Waals surface area contributed by atoms with Crippen LogP contribution in [0, 0.1) is 0 Å². The largest absolute Gasteiger partial charge is 0.457 e. The molecule has 120 valence electrons. The second-order valence-corrected chi connectivity index (χ2v) is 5.89. The van der Waals surface area contributed by atoms with Crippen LogP contribution in [0.4, 0.5) is 0 Å². The lowest BCUT2D eigenvalue weighted by Crippen LogP contribution is -1.83. The Balaban J connectivity index is 1.53. The van der Waals surface area contributed by atoms with Gasteiger partial charge in [-0.2, -0.15) is 0 Å². The van der Waals surface area contributed by atoms with Crippen molar-refractivity contribution in [3.63, 3.8) is 0 Å². The van der Waals surface area contributed by atoms with Crippen molar-refractivity contribution in [1.82, 2.24) is 0 Å². The summed E-state index contributed by atoms with van der Waals surface area (Å²) >= 11 is 0. The van der Waals surface area contributed by atoms with Crippen LogP contribution in [0.1, 0.15) is 11.1 Å². The van der Waals surface area contributed by atoms with Gasteiger partial charge in [-0.3, -0.25) is 0 Å². The number of benzene rings is 4. The molecular weight excluding hydrogens is 304 g/mol. The van der Waals surface area contributed by atoms with Crippen molar-refractivity contribution < 1.29 is 4.74 Å². The third-order valence-corrected chi connectivity index (χ3v) is 4.14. The summed E-state index contributed by atoms with van der Waals surface area (Å²) < 4.78 is 5.83. The number of rotatable bonds is 4. The Morgan fingerprint density at radius 1 is 0.520 bits per heavy atom. The van der Waals surface area contributed by atoms with Gasteiger partial charge in [0.2, 0.25) is 0 Å². The summed E-state index contributed by atoms with van der Waals surface area (Å²) in [4.78, 5) is 0. The number of hydrogen-bond donors (Lipinski definition) is 0. The molecule has 0 bridgehead atoms. The quantitative estimate of drug-likeness (QED) is 0.375. The Morgan fingerprint density at radius 3 is 2.04 bits per heavy atom. The van der Waals surface area contributed by atoms with Crippen LogP contribution in [0.25, 0.3) is 22.9 Å². The van der Waals surface area contributed by atoms with Crippen LogP contribution in [0.3, 0.4) is 0 Å². The third-order valence-electron chi connectivity index (χ3n) is 4.14. The molecule has 0 spiro atoms.